The summed E-state index contributed by atoms with van der Waals surface area (Å²) in [5.41, 5.74) is 1.25. The van der Waals surface area contributed by atoms with Crippen molar-refractivity contribution in [2.75, 3.05) is 0 Å². The number of aliphatic hydroxyl groups excluding tert-OH is 1. The fraction of sp³-hybridized carbons (Fsp3) is 0.364. The van der Waals surface area contributed by atoms with Gasteiger partial charge in [0.25, 0.3) is 0 Å². The van der Waals surface area contributed by atoms with Gasteiger partial charge in [-0.25, -0.2) is 4.39 Å². The lowest BCUT2D eigenvalue weighted by Crippen LogP contribution is -2.00. The number of hydrogen-bond donors (Lipinski definition) is 2. The Hall–Kier alpha value is -1.22. The van der Waals surface area contributed by atoms with Gasteiger partial charge < -0.3 is 10.5 Å². The maximum atomic E-state index is 12.5. The van der Waals surface area contributed by atoms with E-state index < -0.39 is 6.10 Å². The molecule has 0 aliphatic heterocycles. The zero-order chi connectivity index (χ0) is 10.6. The maximum absolute atomic E-state index is 12.5. The molecule has 76 valence electrons. The molecule has 2 nitrogen and oxygen atoms in total. The quantitative estimate of drug-likeness (QED) is 0.711. The van der Waals surface area contributed by atoms with Crippen molar-refractivity contribution in [1.29, 1.82) is 5.41 Å². The molecule has 0 fully saturated rings. The highest BCUT2D eigenvalue weighted by Crippen LogP contribution is 2.18. The molecular formula is C11H14FNO. The first-order valence-electron chi connectivity index (χ1n) is 4.57. The number of aliphatic hydroxyl groups is 1. The standard InChI is InChI=1S/C11H14FNO/c1-8(13)2-7-11(14)9-3-5-10(12)6-4-9/h3-6,11,13-14H,2,7H2,1H3/t11-/m0/s1/i12-1. The van der Waals surface area contributed by atoms with Crippen LogP contribution in [0.4, 0.5) is 4.39 Å². The Labute approximate surface area is 82.9 Å². The van der Waals surface area contributed by atoms with Crippen molar-refractivity contribution in [1.82, 2.24) is 0 Å². The van der Waals surface area contributed by atoms with E-state index in [1.165, 1.54) is 12.1 Å². The van der Waals surface area contributed by atoms with Gasteiger partial charge in [0.15, 0.2) is 0 Å². The highest BCUT2D eigenvalue weighted by atomic mass is 18.2. The molecule has 0 aliphatic carbocycles. The van der Waals surface area contributed by atoms with Crippen LogP contribution in [0.2, 0.25) is 0 Å². The van der Waals surface area contributed by atoms with Gasteiger partial charge in [0.2, 0.25) is 0 Å². The third kappa shape index (κ3) is 3.26. The molecule has 0 aromatic heterocycles. The van der Waals surface area contributed by atoms with E-state index in [0.717, 1.165) is 0 Å². The van der Waals surface area contributed by atoms with Gasteiger partial charge in [-0.05, 0) is 37.5 Å². The number of hydrogen-bond acceptors (Lipinski definition) is 2. The van der Waals surface area contributed by atoms with Gasteiger partial charge >= 0.3 is 0 Å². The normalized spacial score (nSPS) is 12.5. The van der Waals surface area contributed by atoms with E-state index in [0.29, 0.717) is 24.1 Å². The molecule has 0 saturated carbocycles. The van der Waals surface area contributed by atoms with E-state index in [9.17, 15) is 9.50 Å². The van der Waals surface area contributed by atoms with Crippen LogP contribution in [0.1, 0.15) is 31.4 Å². The SMILES string of the molecule is CC(=N)CC[C@H](O)c1ccc([18F])cc1. The Morgan fingerprint density at radius 2 is 2.00 bits per heavy atom. The summed E-state index contributed by atoms with van der Waals surface area (Å²) in [5, 5.41) is 16.9. The zero-order valence-corrected chi connectivity index (χ0v) is 8.13. The van der Waals surface area contributed by atoms with Crippen LogP contribution >= 0.6 is 0 Å². The Balaban J connectivity index is 2.56. The summed E-state index contributed by atoms with van der Waals surface area (Å²) in [6.45, 7) is 1.71. The number of benzene rings is 1. The van der Waals surface area contributed by atoms with Crippen LogP contribution in [0.15, 0.2) is 24.3 Å². The summed E-state index contributed by atoms with van der Waals surface area (Å²) < 4.78 is 12.5. The van der Waals surface area contributed by atoms with Gasteiger partial charge in [-0.3, -0.25) is 0 Å². The van der Waals surface area contributed by atoms with Crippen LogP contribution in [0.5, 0.6) is 0 Å². The average molecular weight is 194 g/mol. The molecule has 0 unspecified atom stereocenters. The molecule has 0 radical (unpaired) electrons. The van der Waals surface area contributed by atoms with Gasteiger partial charge in [-0.15, -0.1) is 0 Å². The summed E-state index contributed by atoms with van der Waals surface area (Å²) in [6.07, 6.45) is 0.482. The zero-order valence-electron chi connectivity index (χ0n) is 8.13. The lowest BCUT2D eigenvalue weighted by Gasteiger charge is -2.09. The Bertz CT molecular complexity index is 308. The lowest BCUT2D eigenvalue weighted by atomic mass is 10.0. The van der Waals surface area contributed by atoms with Crippen molar-refractivity contribution in [2.45, 2.75) is 25.9 Å². The third-order valence-electron chi connectivity index (χ3n) is 2.05. The average Bonchev–Trinajstić information content (AvgIpc) is 2.15. The highest BCUT2D eigenvalue weighted by molar-refractivity contribution is 5.78. The van der Waals surface area contributed by atoms with Crippen LogP contribution in [-0.4, -0.2) is 10.8 Å². The molecule has 0 heterocycles. The van der Waals surface area contributed by atoms with Crippen LogP contribution in [0, 0.1) is 11.2 Å². The Morgan fingerprint density at radius 1 is 1.43 bits per heavy atom. The predicted molar refractivity (Wildman–Crippen MR) is 54.0 cm³/mol. The minimum atomic E-state index is -0.601. The van der Waals surface area contributed by atoms with E-state index in [2.05, 4.69) is 0 Å². The monoisotopic (exact) mass is 194 g/mol. The molecule has 1 aromatic carbocycles. The van der Waals surface area contributed by atoms with E-state index in [-0.39, 0.29) is 5.82 Å². The predicted octanol–water partition coefficient (Wildman–Crippen LogP) is 2.68. The summed E-state index contributed by atoms with van der Waals surface area (Å²) in [4.78, 5) is 0. The second-order valence-corrected chi connectivity index (χ2v) is 3.39. The summed E-state index contributed by atoms with van der Waals surface area (Å²) in [7, 11) is 0. The first kappa shape index (κ1) is 10.9. The van der Waals surface area contributed by atoms with Crippen molar-refractivity contribution in [3.8, 4) is 0 Å². The molecule has 1 aromatic rings. The Kier molecular flexibility index (Phi) is 3.77. The summed E-state index contributed by atoms with van der Waals surface area (Å²) in [6, 6.07) is 5.80. The Morgan fingerprint density at radius 3 is 2.50 bits per heavy atom. The number of rotatable bonds is 4. The van der Waals surface area contributed by atoms with Gasteiger partial charge in [0.05, 0.1) is 6.10 Å². The van der Waals surface area contributed by atoms with Gasteiger partial charge in [0, 0.05) is 5.71 Å². The molecule has 1 atom stereocenters. The third-order valence-corrected chi connectivity index (χ3v) is 2.05. The topological polar surface area (TPSA) is 44.1 Å². The van der Waals surface area contributed by atoms with Crippen LogP contribution in [0.3, 0.4) is 0 Å². The van der Waals surface area contributed by atoms with Crippen LogP contribution < -0.4 is 0 Å². The van der Waals surface area contributed by atoms with Gasteiger partial charge in [-0.2, -0.15) is 0 Å². The molecule has 3 heteroatoms. The second kappa shape index (κ2) is 4.86. The van der Waals surface area contributed by atoms with Crippen LogP contribution in [-0.2, 0) is 0 Å². The smallest absolute Gasteiger partial charge is 0.123 e. The van der Waals surface area contributed by atoms with Crippen molar-refractivity contribution in [2.24, 2.45) is 0 Å². The second-order valence-electron chi connectivity index (χ2n) is 3.39. The van der Waals surface area contributed by atoms with Crippen molar-refractivity contribution >= 4 is 5.71 Å². The molecule has 1 rings (SSSR count). The fourth-order valence-electron chi connectivity index (χ4n) is 1.20. The molecule has 0 amide bonds. The van der Waals surface area contributed by atoms with E-state index in [4.69, 9.17) is 5.41 Å². The van der Waals surface area contributed by atoms with Gasteiger partial charge in [0.1, 0.15) is 5.82 Å². The van der Waals surface area contributed by atoms with Gasteiger partial charge in [-0.1, -0.05) is 12.1 Å². The molecule has 2 N–H and O–H groups in total. The molecule has 0 spiro atoms. The van der Waals surface area contributed by atoms with Crippen molar-refractivity contribution in [3.63, 3.8) is 0 Å². The van der Waals surface area contributed by atoms with Crippen molar-refractivity contribution in [3.05, 3.63) is 35.6 Å². The minimum absolute atomic E-state index is 0.302. The molecule has 0 bridgehead atoms. The first-order valence-corrected chi connectivity index (χ1v) is 4.57. The van der Waals surface area contributed by atoms with Crippen LogP contribution in [0.25, 0.3) is 0 Å². The number of nitrogens with one attached hydrogen (secondary N) is 1. The number of halogens is 1. The van der Waals surface area contributed by atoms with Crippen molar-refractivity contribution < 1.29 is 9.50 Å². The minimum Gasteiger partial charge on any atom is -0.388 e. The van der Waals surface area contributed by atoms with E-state index >= 15 is 0 Å². The summed E-state index contributed by atoms with van der Waals surface area (Å²) >= 11 is 0. The fourth-order valence-corrected chi connectivity index (χ4v) is 1.20. The molecular weight excluding hydrogens is 180 g/mol. The maximum Gasteiger partial charge on any atom is 0.123 e. The lowest BCUT2D eigenvalue weighted by molar-refractivity contribution is 0.170. The van der Waals surface area contributed by atoms with E-state index in [1.54, 1.807) is 19.1 Å². The first-order chi connectivity index (χ1) is 6.59. The largest absolute Gasteiger partial charge is 0.388 e. The molecule has 0 saturated heterocycles. The highest BCUT2D eigenvalue weighted by Gasteiger charge is 2.07. The van der Waals surface area contributed by atoms with E-state index in [1.807, 2.05) is 0 Å². The molecule has 0 aliphatic rings. The summed E-state index contributed by atoms with van der Waals surface area (Å²) in [5.74, 6) is -0.302. The molecule has 14 heavy (non-hydrogen) atoms.